The standard InChI is InChI=1S/C17H28N2O5S/c1-6-23-11-16(2,3)13-9-14(24-19-13)18-15(20)17(4,5)25(21,22)10-12-7-8-12/h9,12H,6-8,10-11H2,1-5H3,(H,18,20). The second-order valence-corrected chi connectivity index (χ2v) is 10.4. The molecule has 1 fully saturated rings. The van der Waals surface area contributed by atoms with Crippen LogP contribution >= 0.6 is 0 Å². The molecule has 8 heteroatoms. The van der Waals surface area contributed by atoms with Crippen LogP contribution in [-0.4, -0.2) is 43.2 Å². The van der Waals surface area contributed by atoms with E-state index in [9.17, 15) is 13.2 Å². The molecule has 2 rings (SSSR count). The van der Waals surface area contributed by atoms with Crippen molar-refractivity contribution in [2.45, 2.75) is 57.6 Å². The molecule has 1 aromatic heterocycles. The van der Waals surface area contributed by atoms with E-state index in [-0.39, 0.29) is 23.0 Å². The lowest BCUT2D eigenvalue weighted by Gasteiger charge is -2.23. The predicted molar refractivity (Wildman–Crippen MR) is 95.2 cm³/mol. The fourth-order valence-corrected chi connectivity index (χ4v) is 4.00. The third-order valence-corrected chi connectivity index (χ3v) is 7.23. The topological polar surface area (TPSA) is 98.5 Å². The zero-order valence-corrected chi connectivity index (χ0v) is 16.4. The first-order chi connectivity index (χ1) is 11.5. The van der Waals surface area contributed by atoms with E-state index < -0.39 is 20.5 Å². The van der Waals surface area contributed by atoms with Crippen molar-refractivity contribution in [1.29, 1.82) is 0 Å². The third-order valence-electron chi connectivity index (χ3n) is 4.58. The van der Waals surface area contributed by atoms with E-state index in [0.717, 1.165) is 12.8 Å². The van der Waals surface area contributed by atoms with Gasteiger partial charge < -0.3 is 9.26 Å². The Bertz CT molecular complexity index is 717. The maximum absolute atomic E-state index is 12.5. The second-order valence-electron chi connectivity index (χ2n) is 7.79. The van der Waals surface area contributed by atoms with Gasteiger partial charge in [0.2, 0.25) is 11.8 Å². The molecule has 0 spiro atoms. The summed E-state index contributed by atoms with van der Waals surface area (Å²) in [5.74, 6) is -0.234. The van der Waals surface area contributed by atoms with Crippen molar-refractivity contribution in [1.82, 2.24) is 5.16 Å². The van der Waals surface area contributed by atoms with Crippen molar-refractivity contribution < 1.29 is 22.5 Å². The summed E-state index contributed by atoms with van der Waals surface area (Å²) < 4.78 is 34.1. The maximum Gasteiger partial charge on any atom is 0.247 e. The lowest BCUT2D eigenvalue weighted by atomic mass is 9.90. The molecule has 0 bridgehead atoms. The lowest BCUT2D eigenvalue weighted by molar-refractivity contribution is -0.118. The van der Waals surface area contributed by atoms with Crippen LogP contribution in [0.25, 0.3) is 0 Å². The van der Waals surface area contributed by atoms with Crippen molar-refractivity contribution in [3.63, 3.8) is 0 Å². The van der Waals surface area contributed by atoms with Crippen molar-refractivity contribution >= 4 is 21.6 Å². The number of ether oxygens (including phenoxy) is 1. The quantitative estimate of drug-likeness (QED) is 0.715. The van der Waals surface area contributed by atoms with Crippen LogP contribution in [0.1, 0.15) is 53.2 Å². The second kappa shape index (κ2) is 7.07. The maximum atomic E-state index is 12.5. The summed E-state index contributed by atoms with van der Waals surface area (Å²) >= 11 is 0. The molecule has 0 atom stereocenters. The van der Waals surface area contributed by atoms with Crippen molar-refractivity contribution in [3.8, 4) is 0 Å². The van der Waals surface area contributed by atoms with Gasteiger partial charge in [0.15, 0.2) is 9.84 Å². The molecule has 1 heterocycles. The van der Waals surface area contributed by atoms with Gasteiger partial charge in [-0.3, -0.25) is 10.1 Å². The lowest BCUT2D eigenvalue weighted by Crippen LogP contribution is -2.45. The Morgan fingerprint density at radius 3 is 2.56 bits per heavy atom. The van der Waals surface area contributed by atoms with Crippen LogP contribution in [0.4, 0.5) is 5.88 Å². The van der Waals surface area contributed by atoms with E-state index in [1.165, 1.54) is 13.8 Å². The Hall–Kier alpha value is -1.41. The van der Waals surface area contributed by atoms with E-state index in [0.29, 0.717) is 18.9 Å². The van der Waals surface area contributed by atoms with Gasteiger partial charge in [-0.05, 0) is 39.5 Å². The molecule has 1 N–H and O–H groups in total. The number of nitrogens with one attached hydrogen (secondary N) is 1. The first-order valence-electron chi connectivity index (χ1n) is 8.58. The molecule has 1 aliphatic carbocycles. The number of amides is 1. The number of aromatic nitrogens is 1. The number of rotatable bonds is 9. The van der Waals surface area contributed by atoms with Crippen LogP contribution in [0.15, 0.2) is 10.6 Å². The van der Waals surface area contributed by atoms with Crippen LogP contribution in [-0.2, 0) is 24.8 Å². The number of sulfone groups is 1. The van der Waals surface area contributed by atoms with Crippen LogP contribution in [0.2, 0.25) is 0 Å². The number of carbonyl (C=O) groups is 1. The summed E-state index contributed by atoms with van der Waals surface area (Å²) in [7, 11) is -3.54. The first kappa shape index (κ1) is 19.9. The van der Waals surface area contributed by atoms with Crippen LogP contribution in [0.5, 0.6) is 0 Å². The molecule has 0 unspecified atom stereocenters. The van der Waals surface area contributed by atoms with Gasteiger partial charge in [0.1, 0.15) is 4.75 Å². The highest BCUT2D eigenvalue weighted by Gasteiger charge is 2.44. The Morgan fingerprint density at radius 2 is 2.00 bits per heavy atom. The van der Waals surface area contributed by atoms with Crippen LogP contribution in [0.3, 0.4) is 0 Å². The fourth-order valence-electron chi connectivity index (χ4n) is 2.29. The van der Waals surface area contributed by atoms with Crippen LogP contribution < -0.4 is 5.32 Å². The average Bonchev–Trinajstić information content (AvgIpc) is 3.18. The Labute approximate surface area is 149 Å². The summed E-state index contributed by atoms with van der Waals surface area (Å²) in [5, 5.41) is 6.52. The van der Waals surface area contributed by atoms with E-state index in [1.807, 2.05) is 20.8 Å². The number of hydrogen-bond acceptors (Lipinski definition) is 6. The molecular weight excluding hydrogens is 344 g/mol. The minimum atomic E-state index is -3.54. The summed E-state index contributed by atoms with van der Waals surface area (Å²) in [6.45, 7) is 9.73. The first-order valence-corrected chi connectivity index (χ1v) is 10.2. The van der Waals surface area contributed by atoms with Gasteiger partial charge in [-0.1, -0.05) is 19.0 Å². The van der Waals surface area contributed by atoms with Crippen molar-refractivity contribution in [3.05, 3.63) is 11.8 Å². The molecule has 7 nitrogen and oxygen atoms in total. The highest BCUT2D eigenvalue weighted by molar-refractivity contribution is 7.93. The molecule has 142 valence electrons. The minimum Gasteiger partial charge on any atom is -0.381 e. The molecular formula is C17H28N2O5S. The number of carbonyl (C=O) groups excluding carboxylic acids is 1. The van der Waals surface area contributed by atoms with Gasteiger partial charge in [0.05, 0.1) is 18.1 Å². The fraction of sp³-hybridized carbons (Fsp3) is 0.765. The summed E-state index contributed by atoms with van der Waals surface area (Å²) in [5.41, 5.74) is 0.255. The largest absolute Gasteiger partial charge is 0.381 e. The van der Waals surface area contributed by atoms with E-state index in [1.54, 1.807) is 6.07 Å². The van der Waals surface area contributed by atoms with E-state index in [4.69, 9.17) is 9.26 Å². The minimum absolute atomic E-state index is 0.0520. The van der Waals surface area contributed by atoms with Gasteiger partial charge in [-0.2, -0.15) is 0 Å². The van der Waals surface area contributed by atoms with Crippen LogP contribution in [0, 0.1) is 5.92 Å². The van der Waals surface area contributed by atoms with Crippen molar-refractivity contribution in [2.24, 2.45) is 5.92 Å². The summed E-state index contributed by atoms with van der Waals surface area (Å²) in [4.78, 5) is 12.5. The predicted octanol–water partition coefficient (Wildman–Crippen LogP) is 2.53. The molecule has 1 amide bonds. The van der Waals surface area contributed by atoms with Gasteiger partial charge >= 0.3 is 0 Å². The molecule has 0 aromatic carbocycles. The zero-order valence-electron chi connectivity index (χ0n) is 15.6. The molecule has 0 aliphatic heterocycles. The average molecular weight is 372 g/mol. The third kappa shape index (κ3) is 4.61. The van der Waals surface area contributed by atoms with Gasteiger partial charge in [0, 0.05) is 18.1 Å². The SMILES string of the molecule is CCOCC(C)(C)c1cc(NC(=O)C(C)(C)S(=O)(=O)CC2CC2)on1. The monoisotopic (exact) mass is 372 g/mol. The number of nitrogens with zero attached hydrogens (tertiary/aromatic N) is 1. The summed E-state index contributed by atoms with van der Waals surface area (Å²) in [6.07, 6.45) is 1.83. The van der Waals surface area contributed by atoms with Crippen molar-refractivity contribution in [2.75, 3.05) is 24.3 Å². The molecule has 25 heavy (non-hydrogen) atoms. The van der Waals surface area contributed by atoms with E-state index >= 15 is 0 Å². The summed E-state index contributed by atoms with van der Waals surface area (Å²) in [6, 6.07) is 1.61. The van der Waals surface area contributed by atoms with Gasteiger partial charge in [0.25, 0.3) is 0 Å². The molecule has 0 radical (unpaired) electrons. The Kier molecular flexibility index (Phi) is 5.63. The molecule has 1 aliphatic rings. The smallest absolute Gasteiger partial charge is 0.247 e. The molecule has 1 saturated carbocycles. The number of hydrogen-bond donors (Lipinski definition) is 1. The zero-order chi connectivity index (χ0) is 18.9. The molecule has 1 aromatic rings. The van der Waals surface area contributed by atoms with Gasteiger partial charge in [-0.15, -0.1) is 0 Å². The Morgan fingerprint density at radius 1 is 1.36 bits per heavy atom. The van der Waals surface area contributed by atoms with E-state index in [2.05, 4.69) is 10.5 Å². The van der Waals surface area contributed by atoms with Gasteiger partial charge in [-0.25, -0.2) is 8.42 Å². The highest BCUT2D eigenvalue weighted by Crippen LogP contribution is 2.34. The Balaban J connectivity index is 2.07. The highest BCUT2D eigenvalue weighted by atomic mass is 32.2. The number of anilines is 1. The molecule has 0 saturated heterocycles. The normalized spacial score (nSPS) is 16.0.